The third-order valence-electron chi connectivity index (χ3n) is 4.20. The normalized spacial score (nSPS) is 28.8. The SMILES string of the molecule is CC(C)n1ccc(CC2(CN)CCC(O)CC2)n1. The monoisotopic (exact) mass is 251 g/mol. The highest BCUT2D eigenvalue weighted by atomic mass is 16.3. The van der Waals surface area contributed by atoms with Gasteiger partial charge in [-0.3, -0.25) is 4.68 Å². The van der Waals surface area contributed by atoms with Crippen LogP contribution in [0.3, 0.4) is 0 Å². The molecule has 1 aromatic heterocycles. The maximum Gasteiger partial charge on any atom is 0.0630 e. The zero-order chi connectivity index (χ0) is 13.2. The zero-order valence-electron chi connectivity index (χ0n) is 11.5. The van der Waals surface area contributed by atoms with Crippen molar-refractivity contribution < 1.29 is 5.11 Å². The van der Waals surface area contributed by atoms with Crippen molar-refractivity contribution >= 4 is 0 Å². The van der Waals surface area contributed by atoms with Crippen LogP contribution in [0.2, 0.25) is 0 Å². The molecule has 0 spiro atoms. The maximum absolute atomic E-state index is 9.62. The Kier molecular flexibility index (Phi) is 4.07. The highest BCUT2D eigenvalue weighted by Gasteiger charge is 2.34. The summed E-state index contributed by atoms with van der Waals surface area (Å²) in [5, 5.41) is 14.2. The molecule has 0 unspecified atom stereocenters. The lowest BCUT2D eigenvalue weighted by Gasteiger charge is -2.37. The summed E-state index contributed by atoms with van der Waals surface area (Å²) in [6.07, 6.45) is 6.64. The minimum atomic E-state index is -0.127. The van der Waals surface area contributed by atoms with E-state index in [4.69, 9.17) is 5.73 Å². The maximum atomic E-state index is 9.62. The summed E-state index contributed by atoms with van der Waals surface area (Å²) in [4.78, 5) is 0. The van der Waals surface area contributed by atoms with Gasteiger partial charge < -0.3 is 10.8 Å². The molecule has 1 aromatic rings. The number of hydrogen-bond acceptors (Lipinski definition) is 3. The quantitative estimate of drug-likeness (QED) is 0.859. The molecule has 2 rings (SSSR count). The van der Waals surface area contributed by atoms with Gasteiger partial charge in [0.2, 0.25) is 0 Å². The van der Waals surface area contributed by atoms with E-state index in [1.807, 2.05) is 10.9 Å². The lowest BCUT2D eigenvalue weighted by molar-refractivity contribution is 0.0659. The summed E-state index contributed by atoms with van der Waals surface area (Å²) in [5.74, 6) is 0. The van der Waals surface area contributed by atoms with Crippen LogP contribution in [-0.4, -0.2) is 27.5 Å². The Balaban J connectivity index is 2.05. The Morgan fingerprint density at radius 2 is 2.17 bits per heavy atom. The first-order chi connectivity index (χ1) is 8.54. The van der Waals surface area contributed by atoms with Crippen molar-refractivity contribution in [3.05, 3.63) is 18.0 Å². The number of nitrogens with zero attached hydrogens (tertiary/aromatic N) is 2. The average molecular weight is 251 g/mol. The molecule has 102 valence electrons. The molecular formula is C14H25N3O. The van der Waals surface area contributed by atoms with Gasteiger partial charge in [0.25, 0.3) is 0 Å². The molecule has 18 heavy (non-hydrogen) atoms. The molecule has 0 aliphatic heterocycles. The number of nitrogens with two attached hydrogens (primary N) is 1. The smallest absolute Gasteiger partial charge is 0.0630 e. The van der Waals surface area contributed by atoms with E-state index in [-0.39, 0.29) is 11.5 Å². The van der Waals surface area contributed by atoms with Crippen LogP contribution in [0, 0.1) is 5.41 Å². The van der Waals surface area contributed by atoms with Gasteiger partial charge in [-0.2, -0.15) is 5.10 Å². The van der Waals surface area contributed by atoms with Crippen molar-refractivity contribution in [1.29, 1.82) is 0 Å². The van der Waals surface area contributed by atoms with Crippen molar-refractivity contribution in [3.8, 4) is 0 Å². The molecule has 1 heterocycles. The van der Waals surface area contributed by atoms with Gasteiger partial charge in [-0.05, 0) is 64.0 Å². The van der Waals surface area contributed by atoms with Crippen molar-refractivity contribution in [2.75, 3.05) is 6.54 Å². The summed E-state index contributed by atoms with van der Waals surface area (Å²) in [7, 11) is 0. The fourth-order valence-corrected chi connectivity index (χ4v) is 2.81. The van der Waals surface area contributed by atoms with Crippen LogP contribution in [-0.2, 0) is 6.42 Å². The summed E-state index contributed by atoms with van der Waals surface area (Å²) >= 11 is 0. The minimum absolute atomic E-state index is 0.127. The Hall–Kier alpha value is -0.870. The summed E-state index contributed by atoms with van der Waals surface area (Å²) in [5.41, 5.74) is 7.26. The van der Waals surface area contributed by atoms with Crippen LogP contribution in [0.1, 0.15) is 51.3 Å². The Morgan fingerprint density at radius 3 is 2.67 bits per heavy atom. The van der Waals surface area contributed by atoms with E-state index in [1.165, 1.54) is 0 Å². The molecule has 1 aliphatic rings. The minimum Gasteiger partial charge on any atom is -0.393 e. The first kappa shape index (κ1) is 13.6. The number of aromatic nitrogens is 2. The van der Waals surface area contributed by atoms with Gasteiger partial charge in [0.1, 0.15) is 0 Å². The van der Waals surface area contributed by atoms with Gasteiger partial charge in [-0.25, -0.2) is 0 Å². The zero-order valence-corrected chi connectivity index (χ0v) is 11.5. The van der Waals surface area contributed by atoms with Gasteiger partial charge in [0, 0.05) is 12.2 Å². The molecule has 3 N–H and O–H groups in total. The van der Waals surface area contributed by atoms with Crippen LogP contribution in [0.5, 0.6) is 0 Å². The number of aliphatic hydroxyl groups excluding tert-OH is 1. The van der Waals surface area contributed by atoms with E-state index in [0.717, 1.165) is 37.8 Å². The summed E-state index contributed by atoms with van der Waals surface area (Å²) in [6.45, 7) is 4.95. The van der Waals surface area contributed by atoms with Crippen LogP contribution < -0.4 is 5.73 Å². The van der Waals surface area contributed by atoms with Gasteiger partial charge in [-0.1, -0.05) is 0 Å². The molecule has 0 aromatic carbocycles. The van der Waals surface area contributed by atoms with E-state index in [1.54, 1.807) is 0 Å². The molecule has 0 saturated heterocycles. The van der Waals surface area contributed by atoms with Crippen LogP contribution in [0.25, 0.3) is 0 Å². The van der Waals surface area contributed by atoms with Crippen LogP contribution in [0.4, 0.5) is 0 Å². The number of rotatable bonds is 4. The lowest BCUT2D eigenvalue weighted by atomic mass is 9.70. The number of aliphatic hydroxyl groups is 1. The summed E-state index contributed by atoms with van der Waals surface area (Å²) in [6, 6.07) is 2.50. The molecule has 0 radical (unpaired) electrons. The first-order valence-corrected chi connectivity index (χ1v) is 6.97. The van der Waals surface area contributed by atoms with E-state index in [0.29, 0.717) is 12.6 Å². The molecule has 1 aliphatic carbocycles. The van der Waals surface area contributed by atoms with Crippen molar-refractivity contribution in [2.45, 2.75) is 58.1 Å². The molecule has 4 nitrogen and oxygen atoms in total. The lowest BCUT2D eigenvalue weighted by Crippen LogP contribution is -2.38. The van der Waals surface area contributed by atoms with Gasteiger partial charge in [0.05, 0.1) is 11.8 Å². The Bertz CT molecular complexity index is 378. The number of hydrogen-bond donors (Lipinski definition) is 2. The largest absolute Gasteiger partial charge is 0.393 e. The van der Waals surface area contributed by atoms with Gasteiger partial charge in [0.15, 0.2) is 0 Å². The molecular weight excluding hydrogens is 226 g/mol. The molecule has 1 saturated carbocycles. The third kappa shape index (κ3) is 2.93. The standard InChI is InChI=1S/C14H25N3O/c1-11(2)17-8-5-12(16-17)9-14(10-15)6-3-13(18)4-7-14/h5,8,11,13,18H,3-4,6-7,9-10,15H2,1-2H3. The predicted molar refractivity (Wildman–Crippen MR) is 72.3 cm³/mol. The van der Waals surface area contributed by atoms with Gasteiger partial charge in [-0.15, -0.1) is 0 Å². The van der Waals surface area contributed by atoms with Gasteiger partial charge >= 0.3 is 0 Å². The van der Waals surface area contributed by atoms with E-state index >= 15 is 0 Å². The second-order valence-corrected chi connectivity index (χ2v) is 5.99. The van der Waals surface area contributed by atoms with E-state index in [9.17, 15) is 5.11 Å². The predicted octanol–water partition coefficient (Wildman–Crippen LogP) is 1.89. The van der Waals surface area contributed by atoms with Crippen molar-refractivity contribution in [1.82, 2.24) is 9.78 Å². The Labute approximate surface area is 109 Å². The van der Waals surface area contributed by atoms with Crippen LogP contribution >= 0.6 is 0 Å². The molecule has 0 atom stereocenters. The summed E-state index contributed by atoms with van der Waals surface area (Å²) < 4.78 is 2.00. The van der Waals surface area contributed by atoms with Crippen LogP contribution in [0.15, 0.2) is 12.3 Å². The Morgan fingerprint density at radius 1 is 1.50 bits per heavy atom. The van der Waals surface area contributed by atoms with Crippen molar-refractivity contribution in [3.63, 3.8) is 0 Å². The van der Waals surface area contributed by atoms with E-state index < -0.39 is 0 Å². The highest BCUT2D eigenvalue weighted by Crippen LogP contribution is 2.38. The average Bonchev–Trinajstić information content (AvgIpc) is 2.81. The van der Waals surface area contributed by atoms with E-state index in [2.05, 4.69) is 25.0 Å². The third-order valence-corrected chi connectivity index (χ3v) is 4.20. The second-order valence-electron chi connectivity index (χ2n) is 5.99. The molecule has 0 amide bonds. The van der Waals surface area contributed by atoms with Crippen molar-refractivity contribution in [2.24, 2.45) is 11.1 Å². The highest BCUT2D eigenvalue weighted by molar-refractivity contribution is 5.05. The molecule has 4 heteroatoms. The molecule has 0 bridgehead atoms. The second kappa shape index (κ2) is 5.41. The fourth-order valence-electron chi connectivity index (χ4n) is 2.81. The molecule has 1 fully saturated rings. The first-order valence-electron chi connectivity index (χ1n) is 6.97. The topological polar surface area (TPSA) is 64.1 Å². The fraction of sp³-hybridized carbons (Fsp3) is 0.786.